The number of hydrogen-bond donors (Lipinski definition) is 3. The van der Waals surface area contributed by atoms with Crippen molar-refractivity contribution in [1.82, 2.24) is 25.3 Å². The van der Waals surface area contributed by atoms with Gasteiger partial charge in [-0.1, -0.05) is 0 Å². The third-order valence-electron chi connectivity index (χ3n) is 5.60. The highest BCUT2D eigenvalue weighted by molar-refractivity contribution is 5.94. The molecule has 1 aliphatic carbocycles. The minimum atomic E-state index is -4.30. The van der Waals surface area contributed by atoms with E-state index in [4.69, 9.17) is 0 Å². The summed E-state index contributed by atoms with van der Waals surface area (Å²) in [5.74, 6) is -1.34. The molecule has 2 aromatic heterocycles. The molecule has 0 aromatic carbocycles. The first-order valence-corrected chi connectivity index (χ1v) is 9.12. The molecular formula is C17H21F3N6O2. The van der Waals surface area contributed by atoms with Crippen LogP contribution in [0.25, 0.3) is 0 Å². The first kappa shape index (κ1) is 18.8. The molecule has 3 N–H and O–H groups in total. The number of hydrogen-bond acceptors (Lipinski definition) is 5. The van der Waals surface area contributed by atoms with E-state index in [0.717, 1.165) is 5.82 Å². The summed E-state index contributed by atoms with van der Waals surface area (Å²) in [7, 11) is 1.69. The molecule has 152 valence electrons. The lowest BCUT2D eigenvalue weighted by atomic mass is 9.86. The Kier molecular flexibility index (Phi) is 4.56. The first-order chi connectivity index (χ1) is 13.3. The van der Waals surface area contributed by atoms with Gasteiger partial charge in [-0.3, -0.25) is 9.89 Å². The van der Waals surface area contributed by atoms with Gasteiger partial charge in [-0.15, -0.1) is 0 Å². The third-order valence-corrected chi connectivity index (χ3v) is 5.60. The zero-order valence-electron chi connectivity index (χ0n) is 15.2. The second-order valence-corrected chi connectivity index (χ2v) is 7.32. The number of alkyl halides is 3. The SMILES string of the molecule is CN1c2ccnn2CC[C@H](NC(=O)c2n[nH]c3c2C[C@H](C(F)(F)F)CC3)C1O. The van der Waals surface area contributed by atoms with Crippen molar-refractivity contribution in [3.8, 4) is 0 Å². The number of nitrogens with one attached hydrogen (secondary N) is 2. The lowest BCUT2D eigenvalue weighted by Gasteiger charge is -2.29. The molecule has 0 spiro atoms. The summed E-state index contributed by atoms with van der Waals surface area (Å²) in [6, 6.07) is 1.14. The zero-order valence-corrected chi connectivity index (χ0v) is 15.2. The number of fused-ring (bicyclic) bond motifs is 2. The Morgan fingerprint density at radius 2 is 2.18 bits per heavy atom. The van der Waals surface area contributed by atoms with Crippen LogP contribution in [0.15, 0.2) is 12.3 Å². The van der Waals surface area contributed by atoms with Crippen molar-refractivity contribution in [1.29, 1.82) is 0 Å². The van der Waals surface area contributed by atoms with Gasteiger partial charge in [-0.2, -0.15) is 23.4 Å². The number of aliphatic hydroxyl groups excluding tert-OH is 1. The second-order valence-electron chi connectivity index (χ2n) is 7.32. The first-order valence-electron chi connectivity index (χ1n) is 9.12. The molecule has 3 atom stereocenters. The van der Waals surface area contributed by atoms with Crippen LogP contribution in [-0.2, 0) is 19.4 Å². The van der Waals surface area contributed by atoms with Crippen LogP contribution < -0.4 is 10.2 Å². The average Bonchev–Trinajstić information content (AvgIpc) is 3.26. The van der Waals surface area contributed by atoms with Crippen molar-refractivity contribution in [2.75, 3.05) is 11.9 Å². The van der Waals surface area contributed by atoms with Crippen molar-refractivity contribution < 1.29 is 23.1 Å². The van der Waals surface area contributed by atoms with E-state index in [2.05, 4.69) is 20.6 Å². The van der Waals surface area contributed by atoms with E-state index in [1.54, 1.807) is 28.9 Å². The molecule has 3 heterocycles. The number of halogens is 3. The molecular weight excluding hydrogens is 377 g/mol. The number of aromatic amines is 1. The molecule has 0 fully saturated rings. The molecule has 0 saturated heterocycles. The number of aryl methyl sites for hydroxylation is 2. The van der Waals surface area contributed by atoms with Crippen molar-refractivity contribution in [3.63, 3.8) is 0 Å². The minimum absolute atomic E-state index is 0.0165. The Balaban J connectivity index is 1.51. The van der Waals surface area contributed by atoms with Gasteiger partial charge in [-0.25, -0.2) is 4.68 Å². The van der Waals surface area contributed by atoms with E-state index in [1.165, 1.54) is 0 Å². The fourth-order valence-corrected chi connectivity index (χ4v) is 3.96. The number of likely N-dealkylation sites (N-methyl/N-ethyl adjacent to an activating group) is 1. The van der Waals surface area contributed by atoms with Crippen LogP contribution in [0.1, 0.15) is 34.6 Å². The molecule has 0 bridgehead atoms. The molecule has 0 radical (unpaired) electrons. The van der Waals surface area contributed by atoms with E-state index in [1.807, 2.05) is 0 Å². The topological polar surface area (TPSA) is 99.1 Å². The maximum absolute atomic E-state index is 13.1. The number of aliphatic hydroxyl groups is 1. The quantitative estimate of drug-likeness (QED) is 0.707. The highest BCUT2D eigenvalue weighted by Gasteiger charge is 2.43. The summed E-state index contributed by atoms with van der Waals surface area (Å²) in [4.78, 5) is 14.4. The average molecular weight is 398 g/mol. The zero-order chi connectivity index (χ0) is 20.1. The summed E-state index contributed by atoms with van der Waals surface area (Å²) < 4.78 is 41.0. The lowest BCUT2D eigenvalue weighted by molar-refractivity contribution is -0.177. The Hall–Kier alpha value is -2.56. The van der Waals surface area contributed by atoms with E-state index in [0.29, 0.717) is 24.2 Å². The van der Waals surface area contributed by atoms with Crippen LogP contribution in [-0.4, -0.2) is 56.5 Å². The number of rotatable bonds is 2. The molecule has 1 unspecified atom stereocenters. The fourth-order valence-electron chi connectivity index (χ4n) is 3.96. The van der Waals surface area contributed by atoms with Crippen LogP contribution >= 0.6 is 0 Å². The molecule has 11 heteroatoms. The van der Waals surface area contributed by atoms with E-state index in [9.17, 15) is 23.1 Å². The number of nitrogens with zero attached hydrogens (tertiary/aromatic N) is 4. The molecule has 1 amide bonds. The van der Waals surface area contributed by atoms with Gasteiger partial charge >= 0.3 is 6.18 Å². The van der Waals surface area contributed by atoms with Crippen LogP contribution in [0.3, 0.4) is 0 Å². The summed E-state index contributed by atoms with van der Waals surface area (Å²) in [6.07, 6.45) is -3.33. The molecule has 8 nitrogen and oxygen atoms in total. The fraction of sp³-hybridized carbons (Fsp3) is 0.588. The predicted octanol–water partition coefficient (Wildman–Crippen LogP) is 1.23. The van der Waals surface area contributed by atoms with Crippen molar-refractivity contribution >= 4 is 11.7 Å². The predicted molar refractivity (Wildman–Crippen MR) is 92.7 cm³/mol. The number of carbonyl (C=O) groups is 1. The molecule has 0 saturated carbocycles. The third kappa shape index (κ3) is 3.23. The number of aromatic nitrogens is 4. The standard InChI is InChI=1S/C17H21F3N6O2/c1-25-13-4-6-21-26(13)7-5-12(16(25)28)22-15(27)14-10-8-9(17(18,19)20)2-3-11(10)23-24-14/h4,6,9,12,16,28H,2-3,5,7-8H2,1H3,(H,22,27)(H,23,24)/t9-,12+,16?/m1/s1. The Morgan fingerprint density at radius 1 is 1.39 bits per heavy atom. The van der Waals surface area contributed by atoms with Crippen LogP contribution in [0, 0.1) is 5.92 Å². The lowest BCUT2D eigenvalue weighted by Crippen LogP contribution is -2.50. The Morgan fingerprint density at radius 3 is 2.93 bits per heavy atom. The molecule has 28 heavy (non-hydrogen) atoms. The Labute approximate surface area is 158 Å². The van der Waals surface area contributed by atoms with Gasteiger partial charge in [0.15, 0.2) is 5.69 Å². The summed E-state index contributed by atoms with van der Waals surface area (Å²) in [6.45, 7) is 0.490. The van der Waals surface area contributed by atoms with E-state index >= 15 is 0 Å². The highest BCUT2D eigenvalue weighted by Crippen LogP contribution is 2.37. The van der Waals surface area contributed by atoms with Gasteiger partial charge in [-0.05, 0) is 25.7 Å². The van der Waals surface area contributed by atoms with Gasteiger partial charge in [0, 0.05) is 30.9 Å². The minimum Gasteiger partial charge on any atom is -0.371 e. The van der Waals surface area contributed by atoms with Gasteiger partial charge in [0.25, 0.3) is 5.91 Å². The summed E-state index contributed by atoms with van der Waals surface area (Å²) in [5.41, 5.74) is 0.862. The van der Waals surface area contributed by atoms with Crippen LogP contribution in [0.5, 0.6) is 0 Å². The maximum Gasteiger partial charge on any atom is 0.392 e. The van der Waals surface area contributed by atoms with E-state index < -0.39 is 30.3 Å². The summed E-state index contributed by atoms with van der Waals surface area (Å²) in [5, 5.41) is 24.2. The van der Waals surface area contributed by atoms with Crippen LogP contribution in [0.2, 0.25) is 0 Å². The number of anilines is 1. The van der Waals surface area contributed by atoms with Gasteiger partial charge in [0.2, 0.25) is 0 Å². The molecule has 2 aromatic rings. The molecule has 2 aliphatic rings. The smallest absolute Gasteiger partial charge is 0.371 e. The van der Waals surface area contributed by atoms with Crippen LogP contribution in [0.4, 0.5) is 19.0 Å². The number of amides is 1. The van der Waals surface area contributed by atoms with Gasteiger partial charge < -0.3 is 15.3 Å². The number of H-pyrrole nitrogens is 1. The van der Waals surface area contributed by atoms with Crippen molar-refractivity contribution in [2.45, 2.75) is 50.7 Å². The van der Waals surface area contributed by atoms with Crippen molar-refractivity contribution in [2.24, 2.45) is 5.92 Å². The van der Waals surface area contributed by atoms with E-state index in [-0.39, 0.29) is 25.0 Å². The normalized spacial score (nSPS) is 25.0. The monoisotopic (exact) mass is 398 g/mol. The summed E-state index contributed by atoms with van der Waals surface area (Å²) >= 11 is 0. The van der Waals surface area contributed by atoms with Gasteiger partial charge in [0.05, 0.1) is 18.2 Å². The number of carbonyl (C=O) groups excluding carboxylic acids is 1. The second kappa shape index (κ2) is 6.80. The molecule has 1 aliphatic heterocycles. The molecule has 4 rings (SSSR count). The Bertz CT molecular complexity index is 877. The highest BCUT2D eigenvalue weighted by atomic mass is 19.4. The van der Waals surface area contributed by atoms with Crippen molar-refractivity contribution in [3.05, 3.63) is 29.2 Å². The van der Waals surface area contributed by atoms with Gasteiger partial charge in [0.1, 0.15) is 12.0 Å². The maximum atomic E-state index is 13.1. The largest absolute Gasteiger partial charge is 0.392 e.